The van der Waals surface area contributed by atoms with E-state index in [4.69, 9.17) is 10.5 Å². The van der Waals surface area contributed by atoms with Gasteiger partial charge in [-0.2, -0.15) is 0 Å². The van der Waals surface area contributed by atoms with Crippen molar-refractivity contribution in [3.05, 3.63) is 29.3 Å². The molecule has 1 fully saturated rings. The van der Waals surface area contributed by atoms with Crippen LogP contribution in [0.25, 0.3) is 0 Å². The van der Waals surface area contributed by atoms with Crippen LogP contribution in [0.2, 0.25) is 0 Å². The Balaban J connectivity index is 1.98. The molecule has 0 unspecified atom stereocenters. The summed E-state index contributed by atoms with van der Waals surface area (Å²) in [5, 5.41) is 0. The Morgan fingerprint density at radius 3 is 2.68 bits per heavy atom. The van der Waals surface area contributed by atoms with E-state index < -0.39 is 6.10 Å². The third-order valence-corrected chi connectivity index (χ3v) is 4.45. The van der Waals surface area contributed by atoms with E-state index in [1.807, 2.05) is 24.0 Å². The molecular weight excluding hydrogens is 276 g/mol. The maximum atomic E-state index is 12.4. The number of nitrogens with zero attached hydrogens (tertiary/aromatic N) is 1. The van der Waals surface area contributed by atoms with Crippen LogP contribution in [-0.4, -0.2) is 36.5 Å². The van der Waals surface area contributed by atoms with E-state index in [-0.39, 0.29) is 5.91 Å². The summed E-state index contributed by atoms with van der Waals surface area (Å²) in [6.45, 7) is 10.5. The largest absolute Gasteiger partial charge is 0.481 e. The number of ether oxygens (including phenoxy) is 1. The van der Waals surface area contributed by atoms with Crippen molar-refractivity contribution in [3.8, 4) is 5.75 Å². The molecule has 1 amide bonds. The number of aryl methyl sites for hydroxylation is 1. The minimum atomic E-state index is -0.458. The Labute approximate surface area is 133 Å². The lowest BCUT2D eigenvalue weighted by Gasteiger charge is -2.22. The average Bonchev–Trinajstić information content (AvgIpc) is 2.95. The summed E-state index contributed by atoms with van der Waals surface area (Å²) in [4.78, 5) is 14.3. The van der Waals surface area contributed by atoms with Gasteiger partial charge in [0.1, 0.15) is 5.75 Å². The normalized spacial score (nSPS) is 19.5. The Bertz CT molecular complexity index is 528. The van der Waals surface area contributed by atoms with Gasteiger partial charge < -0.3 is 15.4 Å². The molecule has 2 atom stereocenters. The maximum Gasteiger partial charge on any atom is 0.263 e. The van der Waals surface area contributed by atoms with E-state index in [2.05, 4.69) is 26.8 Å². The molecule has 1 saturated heterocycles. The molecule has 1 heterocycles. The number of nitrogens with two attached hydrogens (primary N) is 1. The summed E-state index contributed by atoms with van der Waals surface area (Å²) in [7, 11) is 0. The first-order chi connectivity index (χ1) is 10.4. The maximum absolute atomic E-state index is 12.4. The number of carbonyl (C=O) groups excluding carboxylic acids is 1. The highest BCUT2D eigenvalue weighted by Gasteiger charge is 2.29. The molecule has 0 bridgehead atoms. The van der Waals surface area contributed by atoms with Crippen molar-refractivity contribution in [1.82, 2.24) is 4.90 Å². The first-order valence-corrected chi connectivity index (χ1v) is 8.18. The lowest BCUT2D eigenvalue weighted by Crippen LogP contribution is -2.39. The van der Waals surface area contributed by atoms with Crippen LogP contribution in [-0.2, 0) is 4.79 Å². The first-order valence-electron chi connectivity index (χ1n) is 8.18. The Hall–Kier alpha value is -1.55. The van der Waals surface area contributed by atoms with Crippen molar-refractivity contribution in [2.75, 3.05) is 19.6 Å². The van der Waals surface area contributed by atoms with Crippen molar-refractivity contribution in [3.63, 3.8) is 0 Å². The van der Waals surface area contributed by atoms with E-state index in [0.717, 1.165) is 25.3 Å². The fraction of sp³-hybridized carbons (Fsp3) is 0.611. The summed E-state index contributed by atoms with van der Waals surface area (Å²) in [6.07, 6.45) is 0.540. The number of amides is 1. The van der Waals surface area contributed by atoms with Gasteiger partial charge in [-0.15, -0.1) is 0 Å². The molecule has 0 aliphatic carbocycles. The number of carbonyl (C=O) groups is 1. The van der Waals surface area contributed by atoms with Gasteiger partial charge >= 0.3 is 0 Å². The lowest BCUT2D eigenvalue weighted by molar-refractivity contribution is -0.136. The molecule has 1 aliphatic heterocycles. The zero-order valence-electron chi connectivity index (χ0n) is 14.1. The average molecular weight is 304 g/mol. The van der Waals surface area contributed by atoms with Gasteiger partial charge in [0.2, 0.25) is 0 Å². The summed E-state index contributed by atoms with van der Waals surface area (Å²) in [5.41, 5.74) is 8.20. The Kier molecular flexibility index (Phi) is 5.46. The molecule has 4 heteroatoms. The monoisotopic (exact) mass is 304 g/mol. The van der Waals surface area contributed by atoms with Gasteiger partial charge in [-0.3, -0.25) is 4.79 Å². The Morgan fingerprint density at radius 1 is 1.41 bits per heavy atom. The van der Waals surface area contributed by atoms with Gasteiger partial charge in [0.25, 0.3) is 5.91 Å². The van der Waals surface area contributed by atoms with Crippen molar-refractivity contribution in [1.29, 1.82) is 0 Å². The zero-order chi connectivity index (χ0) is 16.3. The van der Waals surface area contributed by atoms with Gasteiger partial charge in [0.05, 0.1) is 0 Å². The van der Waals surface area contributed by atoms with E-state index in [1.165, 1.54) is 11.1 Å². The quantitative estimate of drug-likeness (QED) is 0.910. The highest BCUT2D eigenvalue weighted by Crippen LogP contribution is 2.24. The minimum absolute atomic E-state index is 0.0570. The van der Waals surface area contributed by atoms with Crippen LogP contribution in [0.1, 0.15) is 44.2 Å². The van der Waals surface area contributed by atoms with Crippen LogP contribution in [0.15, 0.2) is 18.2 Å². The van der Waals surface area contributed by atoms with Gasteiger partial charge in [-0.25, -0.2) is 0 Å². The molecule has 2 N–H and O–H groups in total. The standard InChI is InChI=1S/C18H28N2O2/c1-12(2)17-6-5-16(9-13(17)3)22-14(4)18(21)20-8-7-15(10-19)11-20/h5-6,9,12,14-15H,7-8,10-11,19H2,1-4H3/t14-,15+/m1/s1. The van der Waals surface area contributed by atoms with E-state index in [1.54, 1.807) is 0 Å². The van der Waals surface area contributed by atoms with Gasteiger partial charge in [-0.05, 0) is 61.9 Å². The second-order valence-corrected chi connectivity index (χ2v) is 6.61. The molecule has 0 radical (unpaired) electrons. The zero-order valence-corrected chi connectivity index (χ0v) is 14.1. The second-order valence-electron chi connectivity index (χ2n) is 6.61. The molecule has 1 aromatic carbocycles. The van der Waals surface area contributed by atoms with Crippen molar-refractivity contribution in [2.24, 2.45) is 11.7 Å². The summed E-state index contributed by atoms with van der Waals surface area (Å²) in [6, 6.07) is 6.07. The fourth-order valence-corrected chi connectivity index (χ4v) is 3.11. The van der Waals surface area contributed by atoms with Crippen LogP contribution < -0.4 is 10.5 Å². The molecule has 2 rings (SSSR count). The first kappa shape index (κ1) is 16.8. The number of benzene rings is 1. The molecule has 1 aromatic rings. The lowest BCUT2D eigenvalue weighted by atomic mass is 9.98. The molecule has 0 aromatic heterocycles. The SMILES string of the molecule is Cc1cc(O[C@H](C)C(=O)N2CC[C@@H](CN)C2)ccc1C(C)C. The predicted octanol–water partition coefficient (Wildman–Crippen LogP) is 2.69. The molecule has 122 valence electrons. The van der Waals surface area contributed by atoms with E-state index in [0.29, 0.717) is 18.4 Å². The van der Waals surface area contributed by atoms with Crippen LogP contribution in [0.5, 0.6) is 5.75 Å². The third kappa shape index (κ3) is 3.80. The molecular formula is C18H28N2O2. The number of likely N-dealkylation sites (tertiary alicyclic amines) is 1. The predicted molar refractivity (Wildman–Crippen MR) is 89.1 cm³/mol. The topological polar surface area (TPSA) is 55.6 Å². The third-order valence-electron chi connectivity index (χ3n) is 4.45. The van der Waals surface area contributed by atoms with Crippen molar-refractivity contribution in [2.45, 2.75) is 46.1 Å². The molecule has 0 saturated carbocycles. The van der Waals surface area contributed by atoms with Gasteiger partial charge in [0, 0.05) is 13.1 Å². The van der Waals surface area contributed by atoms with Crippen molar-refractivity contribution < 1.29 is 9.53 Å². The highest BCUT2D eigenvalue weighted by atomic mass is 16.5. The second kappa shape index (κ2) is 7.14. The van der Waals surface area contributed by atoms with Crippen LogP contribution >= 0.6 is 0 Å². The van der Waals surface area contributed by atoms with Crippen LogP contribution in [0.3, 0.4) is 0 Å². The highest BCUT2D eigenvalue weighted by molar-refractivity contribution is 5.81. The molecule has 1 aliphatic rings. The van der Waals surface area contributed by atoms with Gasteiger partial charge in [-0.1, -0.05) is 19.9 Å². The smallest absolute Gasteiger partial charge is 0.263 e. The fourth-order valence-electron chi connectivity index (χ4n) is 3.11. The summed E-state index contributed by atoms with van der Waals surface area (Å²) < 4.78 is 5.85. The molecule has 4 nitrogen and oxygen atoms in total. The summed E-state index contributed by atoms with van der Waals surface area (Å²) >= 11 is 0. The number of rotatable bonds is 5. The van der Waals surface area contributed by atoms with Crippen LogP contribution in [0, 0.1) is 12.8 Å². The number of hydrogen-bond donors (Lipinski definition) is 1. The minimum Gasteiger partial charge on any atom is -0.481 e. The number of hydrogen-bond acceptors (Lipinski definition) is 3. The van der Waals surface area contributed by atoms with E-state index >= 15 is 0 Å². The molecule has 0 spiro atoms. The van der Waals surface area contributed by atoms with Crippen molar-refractivity contribution >= 4 is 5.91 Å². The van der Waals surface area contributed by atoms with Crippen LogP contribution in [0.4, 0.5) is 0 Å². The Morgan fingerprint density at radius 2 is 2.14 bits per heavy atom. The van der Waals surface area contributed by atoms with Gasteiger partial charge in [0.15, 0.2) is 6.10 Å². The molecule has 22 heavy (non-hydrogen) atoms. The summed E-state index contributed by atoms with van der Waals surface area (Å²) in [5.74, 6) is 1.74. The van der Waals surface area contributed by atoms with E-state index in [9.17, 15) is 4.79 Å².